The lowest BCUT2D eigenvalue weighted by Gasteiger charge is -2.25. The van der Waals surface area contributed by atoms with Crippen LogP contribution < -0.4 is 4.90 Å². The summed E-state index contributed by atoms with van der Waals surface area (Å²) in [5.41, 5.74) is 0.436. The largest absolute Gasteiger partial charge is 0.464 e. The van der Waals surface area contributed by atoms with Crippen LogP contribution in [-0.2, 0) is 6.18 Å². The molecule has 0 bridgehead atoms. The number of nitrogens with zero attached hydrogens (tertiary/aromatic N) is 4. The maximum absolute atomic E-state index is 13.3. The number of carboxylic acid groups (broad SMARTS) is 1. The van der Waals surface area contributed by atoms with Crippen molar-refractivity contribution in [2.24, 2.45) is 0 Å². The van der Waals surface area contributed by atoms with Crippen LogP contribution in [0.2, 0.25) is 5.15 Å². The van der Waals surface area contributed by atoms with Gasteiger partial charge in [-0.3, -0.25) is 0 Å². The van der Waals surface area contributed by atoms with E-state index >= 15 is 0 Å². The highest BCUT2D eigenvalue weighted by Gasteiger charge is 2.33. The molecule has 1 fully saturated rings. The Balaban J connectivity index is 1.91. The fourth-order valence-corrected chi connectivity index (χ4v) is 3.68. The van der Waals surface area contributed by atoms with Crippen LogP contribution >= 0.6 is 11.6 Å². The molecule has 1 aliphatic carbocycles. The summed E-state index contributed by atoms with van der Waals surface area (Å²) >= 11 is 6.14. The van der Waals surface area contributed by atoms with E-state index in [4.69, 9.17) is 11.6 Å². The van der Waals surface area contributed by atoms with Crippen molar-refractivity contribution in [1.82, 2.24) is 14.6 Å². The van der Waals surface area contributed by atoms with Crippen LogP contribution in [0.4, 0.5) is 29.5 Å². The van der Waals surface area contributed by atoms with Crippen LogP contribution in [-0.4, -0.2) is 25.8 Å². The lowest BCUT2D eigenvalue weighted by Crippen LogP contribution is -2.27. The summed E-state index contributed by atoms with van der Waals surface area (Å²) in [6.45, 7) is 1.47. The number of amides is 1. The first-order chi connectivity index (χ1) is 13.6. The van der Waals surface area contributed by atoms with Crippen molar-refractivity contribution in [3.63, 3.8) is 0 Å². The number of aromatic nitrogens is 3. The molecule has 0 saturated heterocycles. The van der Waals surface area contributed by atoms with Gasteiger partial charge in [0, 0.05) is 11.6 Å². The normalized spacial score (nSPS) is 14.8. The highest BCUT2D eigenvalue weighted by atomic mass is 35.5. The van der Waals surface area contributed by atoms with Gasteiger partial charge in [-0.25, -0.2) is 14.7 Å². The highest BCUT2D eigenvalue weighted by Crippen LogP contribution is 2.40. The highest BCUT2D eigenvalue weighted by molar-refractivity contribution is 6.29. The van der Waals surface area contributed by atoms with E-state index in [9.17, 15) is 23.1 Å². The molecular formula is C19H16ClF3N4O2. The average molecular weight is 425 g/mol. The summed E-state index contributed by atoms with van der Waals surface area (Å²) in [4.78, 5) is 17.1. The van der Waals surface area contributed by atoms with E-state index in [0.717, 1.165) is 41.9 Å². The third-order valence-corrected chi connectivity index (χ3v) is 5.26. The van der Waals surface area contributed by atoms with Gasteiger partial charge in [-0.1, -0.05) is 18.0 Å². The lowest BCUT2D eigenvalue weighted by molar-refractivity contribution is -0.137. The van der Waals surface area contributed by atoms with E-state index in [2.05, 4.69) is 10.1 Å². The fourth-order valence-electron chi connectivity index (χ4n) is 3.50. The molecule has 6 nitrogen and oxygen atoms in total. The van der Waals surface area contributed by atoms with Gasteiger partial charge in [0.1, 0.15) is 11.0 Å². The van der Waals surface area contributed by atoms with Gasteiger partial charge in [-0.05, 0) is 49.4 Å². The number of benzene rings is 1. The standard InChI is InChI=1S/C19H16ClF3N4O2/c1-10-5-12(19(21,22)23)7-13(6-10)26(18(28)29)16-8-15(20)25-17-14(9-24-27(16)17)11-3-2-4-11/h5-9,11H,2-4H2,1H3,(H,28,29). The topological polar surface area (TPSA) is 70.7 Å². The zero-order valence-corrected chi connectivity index (χ0v) is 16.0. The molecule has 4 rings (SSSR count). The summed E-state index contributed by atoms with van der Waals surface area (Å²) in [6.07, 6.45) is -1.43. The first-order valence-electron chi connectivity index (χ1n) is 8.91. The molecule has 0 atom stereocenters. The molecule has 1 aliphatic rings. The van der Waals surface area contributed by atoms with E-state index in [1.54, 1.807) is 6.20 Å². The number of fused-ring (bicyclic) bond motifs is 1. The van der Waals surface area contributed by atoms with Crippen LogP contribution in [0.15, 0.2) is 30.5 Å². The molecule has 0 aliphatic heterocycles. The number of halogens is 4. The Labute approximate surface area is 168 Å². The van der Waals surface area contributed by atoms with Gasteiger partial charge in [0.05, 0.1) is 17.4 Å². The zero-order valence-electron chi connectivity index (χ0n) is 15.2. The van der Waals surface area contributed by atoms with Crippen LogP contribution in [0.5, 0.6) is 0 Å². The van der Waals surface area contributed by atoms with Gasteiger partial charge in [0.15, 0.2) is 5.65 Å². The maximum Gasteiger partial charge on any atom is 0.417 e. The molecule has 152 valence electrons. The van der Waals surface area contributed by atoms with Gasteiger partial charge in [0.2, 0.25) is 0 Å². The number of hydrogen-bond donors (Lipinski definition) is 1. The van der Waals surface area contributed by atoms with Crippen LogP contribution in [0.3, 0.4) is 0 Å². The van der Waals surface area contributed by atoms with Crippen molar-refractivity contribution >= 4 is 34.8 Å². The Morgan fingerprint density at radius 2 is 2.00 bits per heavy atom. The number of alkyl halides is 3. The number of hydrogen-bond acceptors (Lipinski definition) is 3. The molecule has 1 saturated carbocycles. The number of carbonyl (C=O) groups is 1. The second kappa shape index (κ2) is 6.91. The molecular weight excluding hydrogens is 409 g/mol. The van der Waals surface area contributed by atoms with E-state index < -0.39 is 17.8 Å². The number of rotatable bonds is 3. The molecule has 1 aromatic carbocycles. The lowest BCUT2D eigenvalue weighted by atomic mass is 9.81. The monoisotopic (exact) mass is 424 g/mol. The third kappa shape index (κ3) is 3.50. The van der Waals surface area contributed by atoms with E-state index in [-0.39, 0.29) is 28.1 Å². The first-order valence-corrected chi connectivity index (χ1v) is 9.29. The third-order valence-electron chi connectivity index (χ3n) is 5.06. The zero-order chi connectivity index (χ0) is 20.9. The van der Waals surface area contributed by atoms with E-state index in [1.807, 2.05) is 0 Å². The Morgan fingerprint density at radius 3 is 2.59 bits per heavy atom. The van der Waals surface area contributed by atoms with Crippen molar-refractivity contribution in [3.05, 3.63) is 52.3 Å². The maximum atomic E-state index is 13.3. The molecule has 0 unspecified atom stereocenters. The Kier molecular flexibility index (Phi) is 4.65. The van der Waals surface area contributed by atoms with Crippen molar-refractivity contribution in [1.29, 1.82) is 0 Å². The summed E-state index contributed by atoms with van der Waals surface area (Å²) in [5.74, 6) is 0.261. The van der Waals surface area contributed by atoms with Crippen LogP contribution in [0, 0.1) is 6.92 Å². The van der Waals surface area contributed by atoms with Crippen molar-refractivity contribution < 1.29 is 23.1 Å². The molecule has 10 heteroatoms. The quantitative estimate of drug-likeness (QED) is 0.540. The minimum absolute atomic E-state index is 0.00296. The van der Waals surface area contributed by atoms with Crippen molar-refractivity contribution in [2.75, 3.05) is 4.90 Å². The fraction of sp³-hybridized carbons (Fsp3) is 0.316. The molecule has 2 aromatic heterocycles. The predicted molar refractivity (Wildman–Crippen MR) is 101 cm³/mol. The molecule has 29 heavy (non-hydrogen) atoms. The van der Waals surface area contributed by atoms with Crippen molar-refractivity contribution in [3.8, 4) is 0 Å². The van der Waals surface area contributed by atoms with Crippen LogP contribution in [0.1, 0.15) is 41.9 Å². The molecule has 1 N–H and O–H groups in total. The van der Waals surface area contributed by atoms with E-state index in [0.29, 0.717) is 5.65 Å². The number of aryl methyl sites for hydroxylation is 1. The molecule has 0 spiro atoms. The van der Waals surface area contributed by atoms with Gasteiger partial charge in [-0.15, -0.1) is 0 Å². The first kappa shape index (κ1) is 19.5. The molecule has 2 heterocycles. The minimum Gasteiger partial charge on any atom is -0.464 e. The second-order valence-corrected chi connectivity index (χ2v) is 7.46. The Hall–Kier alpha value is -2.81. The number of anilines is 2. The van der Waals surface area contributed by atoms with Gasteiger partial charge < -0.3 is 5.11 Å². The smallest absolute Gasteiger partial charge is 0.417 e. The van der Waals surface area contributed by atoms with Crippen LogP contribution in [0.25, 0.3) is 5.65 Å². The SMILES string of the molecule is Cc1cc(N(C(=O)O)c2cc(Cl)nc3c(C4CCC4)cnn23)cc(C(F)(F)F)c1. The van der Waals surface area contributed by atoms with Crippen molar-refractivity contribution in [2.45, 2.75) is 38.3 Å². The minimum atomic E-state index is -4.61. The summed E-state index contributed by atoms with van der Waals surface area (Å²) in [7, 11) is 0. The summed E-state index contributed by atoms with van der Waals surface area (Å²) in [6, 6.07) is 4.38. The summed E-state index contributed by atoms with van der Waals surface area (Å²) in [5, 5.41) is 14.1. The Morgan fingerprint density at radius 1 is 1.28 bits per heavy atom. The van der Waals surface area contributed by atoms with Gasteiger partial charge in [-0.2, -0.15) is 22.8 Å². The predicted octanol–water partition coefficient (Wildman–Crippen LogP) is 5.79. The van der Waals surface area contributed by atoms with Gasteiger partial charge >= 0.3 is 12.3 Å². The molecule has 0 radical (unpaired) electrons. The molecule has 3 aromatic rings. The van der Waals surface area contributed by atoms with Gasteiger partial charge in [0.25, 0.3) is 0 Å². The second-order valence-electron chi connectivity index (χ2n) is 7.07. The molecule has 1 amide bonds. The summed E-state index contributed by atoms with van der Waals surface area (Å²) < 4.78 is 41.1. The average Bonchev–Trinajstić information content (AvgIpc) is 2.95. The Bertz CT molecular complexity index is 1110. The van der Waals surface area contributed by atoms with E-state index in [1.165, 1.54) is 23.6 Å².